The third-order valence-electron chi connectivity index (χ3n) is 2.96. The van der Waals surface area contributed by atoms with Crippen LogP contribution in [0.2, 0.25) is 0 Å². The minimum atomic E-state index is -1.03. The number of carbonyl (C=O) groups is 1. The molecule has 1 N–H and O–H groups in total. The summed E-state index contributed by atoms with van der Waals surface area (Å²) in [4.78, 5) is 11.1. The molecule has 0 aliphatic heterocycles. The average Bonchev–Trinajstić information content (AvgIpc) is 2.67. The van der Waals surface area contributed by atoms with Gasteiger partial charge in [-0.05, 0) is 27.9 Å². The van der Waals surface area contributed by atoms with Crippen LogP contribution < -0.4 is 0 Å². The fraction of sp³-hybridized carbons (Fsp3) is 0.286. The fourth-order valence-electron chi connectivity index (χ4n) is 2.07. The molecule has 19 heavy (non-hydrogen) atoms. The lowest BCUT2D eigenvalue weighted by Gasteiger charge is -2.05. The van der Waals surface area contributed by atoms with Gasteiger partial charge >= 0.3 is 5.97 Å². The van der Waals surface area contributed by atoms with Gasteiger partial charge in [0.05, 0.1) is 10.2 Å². The van der Waals surface area contributed by atoms with Crippen molar-refractivity contribution in [2.24, 2.45) is 7.05 Å². The minimum absolute atomic E-state index is 0.0372. The Kier molecular flexibility index (Phi) is 4.04. The van der Waals surface area contributed by atoms with E-state index in [1.165, 1.54) is 5.56 Å². The average molecular weight is 323 g/mol. The Morgan fingerprint density at radius 2 is 2.00 bits per heavy atom. The van der Waals surface area contributed by atoms with Gasteiger partial charge in [-0.15, -0.1) is 0 Å². The van der Waals surface area contributed by atoms with Gasteiger partial charge in [0.1, 0.15) is 0 Å². The van der Waals surface area contributed by atoms with Crippen LogP contribution in [0.5, 0.6) is 0 Å². The minimum Gasteiger partial charge on any atom is -0.476 e. The number of aromatic carboxylic acids is 1. The first kappa shape index (κ1) is 13.8. The molecular weight excluding hydrogens is 308 g/mol. The van der Waals surface area contributed by atoms with E-state index in [-0.39, 0.29) is 5.69 Å². The number of carboxylic acids is 1. The second-order valence-electron chi connectivity index (χ2n) is 4.39. The maximum Gasteiger partial charge on any atom is 0.357 e. The summed E-state index contributed by atoms with van der Waals surface area (Å²) in [7, 11) is 1.74. The molecular formula is C14H15BrN2O2. The normalized spacial score (nSPS) is 10.7. The smallest absolute Gasteiger partial charge is 0.357 e. The highest BCUT2D eigenvalue weighted by Crippen LogP contribution is 2.30. The molecule has 2 aromatic rings. The molecule has 1 aromatic heterocycles. The number of halogens is 1. The van der Waals surface area contributed by atoms with Crippen LogP contribution in [0.1, 0.15) is 29.4 Å². The Morgan fingerprint density at radius 3 is 2.47 bits per heavy atom. The molecule has 0 amide bonds. The summed E-state index contributed by atoms with van der Waals surface area (Å²) in [6.07, 6.45) is 2.16. The summed E-state index contributed by atoms with van der Waals surface area (Å²) < 4.78 is 2.10. The summed E-state index contributed by atoms with van der Waals surface area (Å²) in [6.45, 7) is 2.14. The molecule has 0 aliphatic carbocycles. The van der Waals surface area contributed by atoms with Gasteiger partial charge in [0.15, 0.2) is 5.69 Å². The maximum atomic E-state index is 11.1. The predicted octanol–water partition coefficient (Wildman–Crippen LogP) is 3.50. The first-order valence-electron chi connectivity index (χ1n) is 6.09. The van der Waals surface area contributed by atoms with Crippen molar-refractivity contribution in [1.29, 1.82) is 0 Å². The number of hydrogen-bond acceptors (Lipinski definition) is 2. The van der Waals surface area contributed by atoms with Crippen LogP contribution in [0.15, 0.2) is 28.7 Å². The summed E-state index contributed by atoms with van der Waals surface area (Å²) in [6, 6.07) is 8.13. The highest BCUT2D eigenvalue weighted by atomic mass is 79.9. The monoisotopic (exact) mass is 322 g/mol. The second kappa shape index (κ2) is 5.57. The van der Waals surface area contributed by atoms with E-state index < -0.39 is 5.97 Å². The van der Waals surface area contributed by atoms with E-state index in [0.717, 1.165) is 24.1 Å². The van der Waals surface area contributed by atoms with Crippen molar-refractivity contribution in [1.82, 2.24) is 9.78 Å². The molecule has 0 fully saturated rings. The van der Waals surface area contributed by atoms with Gasteiger partial charge < -0.3 is 5.11 Å². The maximum absolute atomic E-state index is 11.1. The molecule has 0 bridgehead atoms. The number of hydrogen-bond donors (Lipinski definition) is 1. The van der Waals surface area contributed by atoms with Crippen LogP contribution in [0.4, 0.5) is 0 Å². The molecule has 2 rings (SSSR count). The molecule has 100 valence electrons. The summed E-state index contributed by atoms with van der Waals surface area (Å²) in [5.41, 5.74) is 3.05. The Bertz CT molecular complexity index is 603. The van der Waals surface area contributed by atoms with Crippen molar-refractivity contribution >= 4 is 21.9 Å². The number of rotatable bonds is 4. The zero-order valence-corrected chi connectivity index (χ0v) is 12.4. The zero-order chi connectivity index (χ0) is 14.0. The lowest BCUT2D eigenvalue weighted by Crippen LogP contribution is -1.99. The van der Waals surface area contributed by atoms with Crippen molar-refractivity contribution in [2.45, 2.75) is 19.8 Å². The predicted molar refractivity (Wildman–Crippen MR) is 77.3 cm³/mol. The lowest BCUT2D eigenvalue weighted by molar-refractivity contribution is 0.0688. The third-order valence-corrected chi connectivity index (χ3v) is 3.71. The van der Waals surface area contributed by atoms with Gasteiger partial charge in [-0.2, -0.15) is 5.10 Å². The largest absolute Gasteiger partial charge is 0.476 e. The molecule has 0 radical (unpaired) electrons. The Labute approximate surface area is 120 Å². The molecule has 5 heteroatoms. The number of aromatic nitrogens is 2. The Morgan fingerprint density at radius 1 is 1.37 bits per heavy atom. The van der Waals surface area contributed by atoms with Gasteiger partial charge in [0.2, 0.25) is 0 Å². The zero-order valence-electron chi connectivity index (χ0n) is 10.9. The summed E-state index contributed by atoms with van der Waals surface area (Å²) in [5, 5.41) is 13.1. The Balaban J connectivity index is 2.44. The van der Waals surface area contributed by atoms with Crippen LogP contribution in [0, 0.1) is 0 Å². The third kappa shape index (κ3) is 2.71. The molecule has 0 atom stereocenters. The highest BCUT2D eigenvalue weighted by Gasteiger charge is 2.20. The van der Waals surface area contributed by atoms with Gasteiger partial charge in [-0.3, -0.25) is 4.68 Å². The van der Waals surface area contributed by atoms with Crippen LogP contribution in [0.3, 0.4) is 0 Å². The molecule has 0 spiro atoms. The molecule has 0 saturated heterocycles. The van der Waals surface area contributed by atoms with E-state index in [1.807, 2.05) is 12.1 Å². The van der Waals surface area contributed by atoms with Crippen molar-refractivity contribution in [2.75, 3.05) is 0 Å². The Hall–Kier alpha value is -1.62. The highest BCUT2D eigenvalue weighted by molar-refractivity contribution is 9.10. The van der Waals surface area contributed by atoms with Gasteiger partial charge in [0.25, 0.3) is 0 Å². The van der Waals surface area contributed by atoms with E-state index >= 15 is 0 Å². The second-order valence-corrected chi connectivity index (χ2v) is 5.18. The van der Waals surface area contributed by atoms with Gasteiger partial charge in [0, 0.05) is 12.6 Å². The molecule has 4 nitrogen and oxygen atoms in total. The van der Waals surface area contributed by atoms with Crippen molar-refractivity contribution in [3.63, 3.8) is 0 Å². The first-order chi connectivity index (χ1) is 9.04. The van der Waals surface area contributed by atoms with Crippen LogP contribution in [0.25, 0.3) is 11.3 Å². The van der Waals surface area contributed by atoms with Gasteiger partial charge in [-0.25, -0.2) is 4.79 Å². The van der Waals surface area contributed by atoms with Crippen LogP contribution in [-0.4, -0.2) is 20.9 Å². The molecule has 0 saturated carbocycles. The molecule has 0 unspecified atom stereocenters. The number of aryl methyl sites for hydroxylation is 2. The van der Waals surface area contributed by atoms with E-state index in [2.05, 4.69) is 40.1 Å². The fourth-order valence-corrected chi connectivity index (χ4v) is 2.80. The number of nitrogens with zero attached hydrogens (tertiary/aromatic N) is 2. The van der Waals surface area contributed by atoms with Gasteiger partial charge in [-0.1, -0.05) is 37.6 Å². The van der Waals surface area contributed by atoms with Crippen molar-refractivity contribution in [3.8, 4) is 11.3 Å². The van der Waals surface area contributed by atoms with E-state index in [9.17, 15) is 4.79 Å². The quantitative estimate of drug-likeness (QED) is 0.937. The molecule has 0 aliphatic rings. The van der Waals surface area contributed by atoms with Crippen molar-refractivity contribution < 1.29 is 9.90 Å². The summed E-state index contributed by atoms with van der Waals surface area (Å²) >= 11 is 3.32. The number of carboxylic acid groups (broad SMARTS) is 1. The van der Waals surface area contributed by atoms with Crippen molar-refractivity contribution in [3.05, 3.63) is 40.0 Å². The summed E-state index contributed by atoms with van der Waals surface area (Å²) in [5.74, 6) is -1.03. The van der Waals surface area contributed by atoms with E-state index in [4.69, 9.17) is 5.11 Å². The lowest BCUT2D eigenvalue weighted by atomic mass is 10.1. The molecule has 1 heterocycles. The topological polar surface area (TPSA) is 55.1 Å². The SMILES string of the molecule is CCCc1ccc(-c2c(Br)c(C(=O)O)nn2C)cc1. The van der Waals surface area contributed by atoms with Crippen LogP contribution >= 0.6 is 15.9 Å². The van der Waals surface area contributed by atoms with E-state index in [0.29, 0.717) is 4.47 Å². The standard InChI is InChI=1S/C14H15BrN2O2/c1-3-4-9-5-7-10(8-6-9)13-11(15)12(14(18)19)16-17(13)2/h5-8H,3-4H2,1-2H3,(H,18,19). The number of benzene rings is 1. The van der Waals surface area contributed by atoms with E-state index in [1.54, 1.807) is 11.7 Å². The molecule has 1 aromatic carbocycles. The van der Waals surface area contributed by atoms with Crippen LogP contribution in [-0.2, 0) is 13.5 Å². The first-order valence-corrected chi connectivity index (χ1v) is 6.89.